The second-order valence-corrected chi connectivity index (χ2v) is 4.66. The maximum absolute atomic E-state index is 9.99. The van der Waals surface area contributed by atoms with E-state index >= 15 is 0 Å². The van der Waals surface area contributed by atoms with E-state index in [0.717, 1.165) is 25.0 Å². The Bertz CT molecular complexity index is 357. The first-order valence-electron chi connectivity index (χ1n) is 5.81. The standard InChI is InChI=1S/C12H20N2O/c1-8-9(2)13-14(10(8)3)11-6-4-5-7-12(11)15/h11-12,15H,4-7H2,1-3H3/t11-,12-/m1/s1. The van der Waals surface area contributed by atoms with Crippen molar-refractivity contribution < 1.29 is 5.11 Å². The van der Waals surface area contributed by atoms with Crippen molar-refractivity contribution >= 4 is 0 Å². The molecule has 0 spiro atoms. The molecule has 0 saturated heterocycles. The zero-order valence-corrected chi connectivity index (χ0v) is 9.82. The SMILES string of the molecule is Cc1nn([C@@H]2CCCC[C@H]2O)c(C)c1C. The van der Waals surface area contributed by atoms with E-state index in [4.69, 9.17) is 0 Å². The van der Waals surface area contributed by atoms with Crippen molar-refractivity contribution in [1.29, 1.82) is 0 Å². The first kappa shape index (κ1) is 10.7. The molecule has 1 aromatic heterocycles. The minimum atomic E-state index is -0.212. The second kappa shape index (κ2) is 3.97. The summed E-state index contributed by atoms with van der Waals surface area (Å²) < 4.78 is 2.04. The Kier molecular flexibility index (Phi) is 2.83. The second-order valence-electron chi connectivity index (χ2n) is 4.66. The van der Waals surface area contributed by atoms with E-state index in [9.17, 15) is 5.11 Å². The summed E-state index contributed by atoms with van der Waals surface area (Å²) in [5, 5.41) is 14.5. The Morgan fingerprint density at radius 2 is 1.87 bits per heavy atom. The highest BCUT2D eigenvalue weighted by Crippen LogP contribution is 2.30. The van der Waals surface area contributed by atoms with Crippen LogP contribution in [0.15, 0.2) is 0 Å². The van der Waals surface area contributed by atoms with E-state index in [0.29, 0.717) is 0 Å². The molecule has 3 heteroatoms. The summed E-state index contributed by atoms with van der Waals surface area (Å²) in [5.41, 5.74) is 3.55. The number of aromatic nitrogens is 2. The molecule has 0 aromatic carbocycles. The number of hydrogen-bond acceptors (Lipinski definition) is 2. The molecule has 1 aromatic rings. The molecule has 0 radical (unpaired) electrons. The highest BCUT2D eigenvalue weighted by molar-refractivity contribution is 5.22. The summed E-state index contributed by atoms with van der Waals surface area (Å²) in [6.45, 7) is 6.23. The molecule has 1 heterocycles. The van der Waals surface area contributed by atoms with Gasteiger partial charge in [0.15, 0.2) is 0 Å². The zero-order chi connectivity index (χ0) is 11.0. The van der Waals surface area contributed by atoms with Gasteiger partial charge in [0, 0.05) is 5.69 Å². The number of nitrogens with zero attached hydrogens (tertiary/aromatic N) is 2. The minimum Gasteiger partial charge on any atom is -0.391 e. The summed E-state index contributed by atoms with van der Waals surface area (Å²) in [6, 6.07) is 0.200. The van der Waals surface area contributed by atoms with Gasteiger partial charge in [-0.15, -0.1) is 0 Å². The van der Waals surface area contributed by atoms with Gasteiger partial charge in [0.25, 0.3) is 0 Å². The van der Waals surface area contributed by atoms with E-state index < -0.39 is 0 Å². The van der Waals surface area contributed by atoms with Gasteiger partial charge in [-0.2, -0.15) is 5.10 Å². The van der Waals surface area contributed by atoms with Crippen LogP contribution in [0.4, 0.5) is 0 Å². The van der Waals surface area contributed by atoms with Crippen molar-refractivity contribution in [3.8, 4) is 0 Å². The topological polar surface area (TPSA) is 38.0 Å². The Morgan fingerprint density at radius 3 is 2.40 bits per heavy atom. The molecule has 0 amide bonds. The predicted molar refractivity (Wildman–Crippen MR) is 59.9 cm³/mol. The lowest BCUT2D eigenvalue weighted by atomic mass is 9.92. The van der Waals surface area contributed by atoms with Crippen molar-refractivity contribution in [2.45, 2.75) is 58.6 Å². The van der Waals surface area contributed by atoms with Gasteiger partial charge >= 0.3 is 0 Å². The van der Waals surface area contributed by atoms with Crippen LogP contribution in [0, 0.1) is 20.8 Å². The maximum atomic E-state index is 9.99. The van der Waals surface area contributed by atoms with Crippen molar-refractivity contribution in [1.82, 2.24) is 9.78 Å². The monoisotopic (exact) mass is 208 g/mol. The Morgan fingerprint density at radius 1 is 1.20 bits per heavy atom. The first-order chi connectivity index (χ1) is 7.11. The molecular formula is C12H20N2O. The average Bonchev–Trinajstić information content (AvgIpc) is 2.47. The molecule has 0 aliphatic heterocycles. The van der Waals surface area contributed by atoms with Crippen LogP contribution in [0.25, 0.3) is 0 Å². The third-order valence-electron chi connectivity index (χ3n) is 3.69. The number of hydrogen-bond donors (Lipinski definition) is 1. The molecule has 2 rings (SSSR count). The lowest BCUT2D eigenvalue weighted by molar-refractivity contribution is 0.0682. The first-order valence-corrected chi connectivity index (χ1v) is 5.81. The number of aliphatic hydroxyl groups excluding tert-OH is 1. The van der Waals surface area contributed by atoms with E-state index in [1.807, 2.05) is 11.6 Å². The van der Waals surface area contributed by atoms with Crippen LogP contribution in [0.5, 0.6) is 0 Å². The van der Waals surface area contributed by atoms with Crippen LogP contribution in [0.3, 0.4) is 0 Å². The molecule has 1 N–H and O–H groups in total. The zero-order valence-electron chi connectivity index (χ0n) is 9.82. The Hall–Kier alpha value is -0.830. The average molecular weight is 208 g/mol. The van der Waals surface area contributed by atoms with E-state index in [-0.39, 0.29) is 12.1 Å². The quantitative estimate of drug-likeness (QED) is 0.769. The van der Waals surface area contributed by atoms with Gasteiger partial charge in [-0.1, -0.05) is 12.8 Å². The van der Waals surface area contributed by atoms with Gasteiger partial charge < -0.3 is 5.11 Å². The van der Waals surface area contributed by atoms with Crippen LogP contribution >= 0.6 is 0 Å². The van der Waals surface area contributed by atoms with Crippen LogP contribution in [0.2, 0.25) is 0 Å². The maximum Gasteiger partial charge on any atom is 0.0781 e. The minimum absolute atomic E-state index is 0.200. The normalized spacial score (nSPS) is 26.9. The summed E-state index contributed by atoms with van der Waals surface area (Å²) in [7, 11) is 0. The fraction of sp³-hybridized carbons (Fsp3) is 0.750. The van der Waals surface area contributed by atoms with Crippen molar-refractivity contribution in [3.05, 3.63) is 17.0 Å². The largest absolute Gasteiger partial charge is 0.391 e. The molecule has 0 bridgehead atoms. The van der Waals surface area contributed by atoms with Gasteiger partial charge in [-0.3, -0.25) is 4.68 Å². The third-order valence-corrected chi connectivity index (χ3v) is 3.69. The van der Waals surface area contributed by atoms with Gasteiger partial charge in [0.2, 0.25) is 0 Å². The smallest absolute Gasteiger partial charge is 0.0781 e. The van der Waals surface area contributed by atoms with Crippen molar-refractivity contribution in [3.63, 3.8) is 0 Å². The van der Waals surface area contributed by atoms with E-state index in [1.165, 1.54) is 17.7 Å². The van der Waals surface area contributed by atoms with E-state index in [1.54, 1.807) is 0 Å². The fourth-order valence-electron chi connectivity index (χ4n) is 2.45. The molecule has 1 aliphatic rings. The van der Waals surface area contributed by atoms with Crippen LogP contribution in [0.1, 0.15) is 48.7 Å². The number of aryl methyl sites for hydroxylation is 1. The molecule has 0 unspecified atom stereocenters. The summed E-state index contributed by atoms with van der Waals surface area (Å²) in [4.78, 5) is 0. The molecular weight excluding hydrogens is 188 g/mol. The fourth-order valence-corrected chi connectivity index (χ4v) is 2.45. The molecule has 15 heavy (non-hydrogen) atoms. The van der Waals surface area contributed by atoms with Gasteiger partial charge in [0.05, 0.1) is 17.8 Å². The van der Waals surface area contributed by atoms with Crippen LogP contribution in [-0.4, -0.2) is 21.0 Å². The van der Waals surface area contributed by atoms with Gasteiger partial charge in [0.1, 0.15) is 0 Å². The molecule has 1 fully saturated rings. The van der Waals surface area contributed by atoms with E-state index in [2.05, 4.69) is 18.9 Å². The third kappa shape index (κ3) is 1.81. The highest BCUT2D eigenvalue weighted by Gasteiger charge is 2.27. The number of aliphatic hydroxyl groups is 1. The summed E-state index contributed by atoms with van der Waals surface area (Å²) >= 11 is 0. The van der Waals surface area contributed by atoms with Gasteiger partial charge in [-0.25, -0.2) is 0 Å². The summed E-state index contributed by atoms with van der Waals surface area (Å²) in [5.74, 6) is 0. The van der Waals surface area contributed by atoms with Crippen LogP contribution < -0.4 is 0 Å². The molecule has 84 valence electrons. The molecule has 1 saturated carbocycles. The Labute approximate surface area is 91.1 Å². The molecule has 3 nitrogen and oxygen atoms in total. The van der Waals surface area contributed by atoms with Crippen molar-refractivity contribution in [2.24, 2.45) is 0 Å². The summed E-state index contributed by atoms with van der Waals surface area (Å²) in [6.07, 6.45) is 4.12. The predicted octanol–water partition coefficient (Wildman–Crippen LogP) is 2.28. The molecule has 1 aliphatic carbocycles. The van der Waals surface area contributed by atoms with Crippen LogP contribution in [-0.2, 0) is 0 Å². The Balaban J connectivity index is 2.31. The van der Waals surface area contributed by atoms with Crippen molar-refractivity contribution in [2.75, 3.05) is 0 Å². The highest BCUT2D eigenvalue weighted by atomic mass is 16.3. The molecule has 2 atom stereocenters. The lowest BCUT2D eigenvalue weighted by Gasteiger charge is -2.28. The lowest BCUT2D eigenvalue weighted by Crippen LogP contribution is -2.29. The number of rotatable bonds is 1. The van der Waals surface area contributed by atoms with Gasteiger partial charge in [-0.05, 0) is 39.2 Å².